The third-order valence-corrected chi connectivity index (χ3v) is 5.95. The first-order chi connectivity index (χ1) is 17.0. The lowest BCUT2D eigenvalue weighted by atomic mass is 10.1. The Kier molecular flexibility index (Phi) is 7.98. The van der Waals surface area contributed by atoms with Gasteiger partial charge in [-0.2, -0.15) is 0 Å². The predicted molar refractivity (Wildman–Crippen MR) is 140 cm³/mol. The molecule has 3 aromatic carbocycles. The number of rotatable bonds is 7. The Morgan fingerprint density at radius 1 is 1.00 bits per heavy atom. The van der Waals surface area contributed by atoms with E-state index >= 15 is 0 Å². The Balaban J connectivity index is 0.000000239. The summed E-state index contributed by atoms with van der Waals surface area (Å²) in [5, 5.41) is 17.8. The molecule has 2 atom stereocenters. The van der Waals surface area contributed by atoms with E-state index in [2.05, 4.69) is 40.7 Å². The monoisotopic (exact) mass is 469 g/mol. The van der Waals surface area contributed by atoms with Crippen LogP contribution in [0.25, 0.3) is 21.9 Å². The van der Waals surface area contributed by atoms with E-state index in [9.17, 15) is 9.90 Å². The van der Waals surface area contributed by atoms with Gasteiger partial charge in [0.05, 0.1) is 19.2 Å². The molecule has 0 saturated heterocycles. The van der Waals surface area contributed by atoms with Crippen LogP contribution in [0.3, 0.4) is 0 Å². The molecule has 2 aromatic heterocycles. The van der Waals surface area contributed by atoms with Gasteiger partial charge in [0, 0.05) is 22.5 Å². The fourth-order valence-corrected chi connectivity index (χ4v) is 3.94. The SMILES string of the molecule is CC(NC(=O)[C@H](CO)NCc1cc2ccccc2o1)c1ccccc1.Cc1c[nH]c2ccccc12. The Labute approximate surface area is 205 Å². The molecule has 5 rings (SSSR count). The number of carbonyl (C=O) groups excluding carboxylic acids is 1. The first-order valence-corrected chi connectivity index (χ1v) is 11.7. The second kappa shape index (κ2) is 11.5. The van der Waals surface area contributed by atoms with E-state index in [1.54, 1.807) is 0 Å². The highest BCUT2D eigenvalue weighted by Crippen LogP contribution is 2.19. The van der Waals surface area contributed by atoms with Gasteiger partial charge in [-0.05, 0) is 43.2 Å². The third-order valence-electron chi connectivity index (χ3n) is 5.95. The molecule has 0 bridgehead atoms. The van der Waals surface area contributed by atoms with E-state index in [0.29, 0.717) is 6.54 Å². The van der Waals surface area contributed by atoms with Gasteiger partial charge in [0.25, 0.3) is 0 Å². The Hall–Kier alpha value is -3.87. The number of benzene rings is 3. The first kappa shape index (κ1) is 24.3. The van der Waals surface area contributed by atoms with Crippen LogP contribution in [-0.4, -0.2) is 28.6 Å². The van der Waals surface area contributed by atoms with E-state index < -0.39 is 6.04 Å². The standard InChI is InChI=1S/C20H22N2O3.C9H9N/c1-14(15-7-3-2-4-8-15)22-20(24)18(13-23)21-12-17-11-16-9-5-6-10-19(16)25-17;1-7-6-10-9-5-3-2-4-8(7)9/h2-11,14,18,21,23H,12-13H2,1H3,(H,22,24);2-6,10H,1H3/t14?,18-;/m0./s1. The Bertz CT molecular complexity index is 1340. The molecule has 5 aromatic rings. The van der Waals surface area contributed by atoms with E-state index in [-0.39, 0.29) is 18.6 Å². The van der Waals surface area contributed by atoms with Gasteiger partial charge in [-0.25, -0.2) is 0 Å². The summed E-state index contributed by atoms with van der Waals surface area (Å²) in [4.78, 5) is 15.6. The summed E-state index contributed by atoms with van der Waals surface area (Å²) < 4.78 is 5.72. The van der Waals surface area contributed by atoms with Crippen molar-refractivity contribution >= 4 is 27.8 Å². The second-order valence-electron chi connectivity index (χ2n) is 8.52. The van der Waals surface area contributed by atoms with Crippen LogP contribution in [0.15, 0.2) is 95.5 Å². The topological polar surface area (TPSA) is 90.3 Å². The fourth-order valence-electron chi connectivity index (χ4n) is 3.94. The summed E-state index contributed by atoms with van der Waals surface area (Å²) in [6, 6.07) is 26.9. The molecule has 180 valence electrons. The number of amides is 1. The number of nitrogens with one attached hydrogen (secondary N) is 3. The van der Waals surface area contributed by atoms with Crippen LogP contribution < -0.4 is 10.6 Å². The number of H-pyrrole nitrogens is 1. The highest BCUT2D eigenvalue weighted by atomic mass is 16.3. The number of aromatic amines is 1. The largest absolute Gasteiger partial charge is 0.460 e. The van der Waals surface area contributed by atoms with Crippen molar-refractivity contribution < 1.29 is 14.3 Å². The average molecular weight is 470 g/mol. The normalized spacial score (nSPS) is 12.7. The number of aliphatic hydroxyl groups is 1. The van der Waals surface area contributed by atoms with Crippen molar-refractivity contribution in [1.29, 1.82) is 0 Å². The molecule has 0 aliphatic rings. The lowest BCUT2D eigenvalue weighted by Gasteiger charge is -2.19. The summed E-state index contributed by atoms with van der Waals surface area (Å²) >= 11 is 0. The number of aromatic nitrogens is 1. The molecule has 6 nitrogen and oxygen atoms in total. The van der Waals surface area contributed by atoms with Crippen LogP contribution in [0.2, 0.25) is 0 Å². The maximum atomic E-state index is 12.4. The lowest BCUT2D eigenvalue weighted by Crippen LogP contribution is -2.46. The smallest absolute Gasteiger partial charge is 0.240 e. The molecule has 0 spiro atoms. The lowest BCUT2D eigenvalue weighted by molar-refractivity contribution is -0.124. The highest BCUT2D eigenvalue weighted by molar-refractivity contribution is 5.83. The third kappa shape index (κ3) is 6.18. The number of aryl methyl sites for hydroxylation is 1. The summed E-state index contributed by atoms with van der Waals surface area (Å²) in [6.45, 7) is 4.11. The zero-order chi connectivity index (χ0) is 24.6. The number of carbonyl (C=O) groups is 1. The Morgan fingerprint density at radius 2 is 1.71 bits per heavy atom. The zero-order valence-electron chi connectivity index (χ0n) is 20.0. The van der Waals surface area contributed by atoms with E-state index in [1.165, 1.54) is 16.5 Å². The number of furan rings is 1. The minimum absolute atomic E-state index is 0.129. The van der Waals surface area contributed by atoms with E-state index in [0.717, 1.165) is 22.3 Å². The molecule has 0 aliphatic heterocycles. The average Bonchev–Trinajstić information content (AvgIpc) is 3.48. The van der Waals surface area contributed by atoms with Crippen molar-refractivity contribution in [2.24, 2.45) is 0 Å². The Morgan fingerprint density at radius 3 is 2.46 bits per heavy atom. The molecule has 2 heterocycles. The van der Waals surface area contributed by atoms with Crippen LogP contribution in [-0.2, 0) is 11.3 Å². The van der Waals surface area contributed by atoms with Gasteiger partial charge >= 0.3 is 0 Å². The summed E-state index contributed by atoms with van der Waals surface area (Å²) in [6.07, 6.45) is 2.03. The molecule has 0 saturated carbocycles. The van der Waals surface area contributed by atoms with E-state index in [4.69, 9.17) is 4.42 Å². The number of hydrogen-bond acceptors (Lipinski definition) is 4. The zero-order valence-corrected chi connectivity index (χ0v) is 20.0. The van der Waals surface area contributed by atoms with Crippen LogP contribution in [0.4, 0.5) is 0 Å². The molecule has 1 unspecified atom stereocenters. The summed E-state index contributed by atoms with van der Waals surface area (Å²) in [7, 11) is 0. The molecule has 1 amide bonds. The van der Waals surface area contributed by atoms with Crippen molar-refractivity contribution in [2.75, 3.05) is 6.61 Å². The maximum Gasteiger partial charge on any atom is 0.240 e. The van der Waals surface area contributed by atoms with Gasteiger partial charge in [-0.1, -0.05) is 66.7 Å². The van der Waals surface area contributed by atoms with Gasteiger partial charge in [-0.15, -0.1) is 0 Å². The van der Waals surface area contributed by atoms with Gasteiger partial charge in [0.2, 0.25) is 5.91 Å². The van der Waals surface area contributed by atoms with Gasteiger partial charge in [-0.3, -0.25) is 10.1 Å². The van der Waals surface area contributed by atoms with E-state index in [1.807, 2.05) is 79.9 Å². The van der Waals surface area contributed by atoms with Gasteiger partial charge < -0.3 is 19.8 Å². The van der Waals surface area contributed by atoms with Crippen molar-refractivity contribution in [3.8, 4) is 0 Å². The molecule has 6 heteroatoms. The molecule has 4 N–H and O–H groups in total. The second-order valence-corrected chi connectivity index (χ2v) is 8.52. The summed E-state index contributed by atoms with van der Waals surface area (Å²) in [5.74, 6) is 0.485. The molecular weight excluding hydrogens is 438 g/mol. The maximum absolute atomic E-state index is 12.4. The van der Waals surface area contributed by atoms with Crippen LogP contribution in [0.5, 0.6) is 0 Å². The fraction of sp³-hybridized carbons (Fsp3) is 0.207. The van der Waals surface area contributed by atoms with Gasteiger partial charge in [0.1, 0.15) is 17.4 Å². The van der Waals surface area contributed by atoms with Crippen molar-refractivity contribution in [2.45, 2.75) is 32.5 Å². The molecular formula is C29H31N3O3. The van der Waals surface area contributed by atoms with Crippen LogP contribution in [0.1, 0.15) is 29.9 Å². The first-order valence-electron chi connectivity index (χ1n) is 11.7. The molecule has 0 aliphatic carbocycles. The molecule has 0 radical (unpaired) electrons. The highest BCUT2D eigenvalue weighted by Gasteiger charge is 2.20. The summed E-state index contributed by atoms with van der Waals surface area (Å²) in [5.41, 5.74) is 4.36. The van der Waals surface area contributed by atoms with Gasteiger partial charge in [0.15, 0.2) is 0 Å². The van der Waals surface area contributed by atoms with Crippen molar-refractivity contribution in [1.82, 2.24) is 15.6 Å². The minimum Gasteiger partial charge on any atom is -0.460 e. The number of para-hydroxylation sites is 2. The number of aliphatic hydroxyl groups excluding tert-OH is 1. The van der Waals surface area contributed by atoms with Crippen molar-refractivity contribution in [3.05, 3.63) is 108 Å². The van der Waals surface area contributed by atoms with Crippen LogP contribution >= 0.6 is 0 Å². The minimum atomic E-state index is -0.695. The quantitative estimate of drug-likeness (QED) is 0.262. The van der Waals surface area contributed by atoms with Crippen LogP contribution in [0, 0.1) is 6.92 Å². The number of fused-ring (bicyclic) bond motifs is 2. The predicted octanol–water partition coefficient (Wildman–Crippen LogP) is 5.24. The molecule has 35 heavy (non-hydrogen) atoms. The molecule has 0 fully saturated rings. The number of hydrogen-bond donors (Lipinski definition) is 4. The van der Waals surface area contributed by atoms with Crippen molar-refractivity contribution in [3.63, 3.8) is 0 Å².